The SMILES string of the molecule is CC.N#Cc1cc(Cl)cc(Nc2noc3cccnc23)c1. The Morgan fingerprint density at radius 1 is 1.29 bits per heavy atom. The number of hydrogen-bond donors (Lipinski definition) is 1. The fraction of sp³-hybridized carbons (Fsp3) is 0.133. The summed E-state index contributed by atoms with van der Waals surface area (Å²) < 4.78 is 5.14. The normalized spacial score (nSPS) is 9.62. The van der Waals surface area contributed by atoms with Gasteiger partial charge in [-0.15, -0.1) is 0 Å². The number of nitrogens with one attached hydrogen (secondary N) is 1. The molecule has 21 heavy (non-hydrogen) atoms. The van der Waals surface area contributed by atoms with E-state index in [2.05, 4.69) is 15.5 Å². The number of nitrogens with zero attached hydrogens (tertiary/aromatic N) is 3. The van der Waals surface area contributed by atoms with Crippen LogP contribution < -0.4 is 5.32 Å². The standard InChI is InChI=1S/C13H7ClN4O.C2H6/c14-9-4-8(7-15)5-10(6-9)17-13-12-11(19-18-13)2-1-3-16-12;1-2/h1-6H,(H,17,18);1-2H3. The fourth-order valence-electron chi connectivity index (χ4n) is 1.73. The summed E-state index contributed by atoms with van der Waals surface area (Å²) in [6.07, 6.45) is 1.66. The first-order valence-corrected chi connectivity index (χ1v) is 6.82. The maximum Gasteiger partial charge on any atom is 0.200 e. The van der Waals surface area contributed by atoms with E-state index in [0.717, 1.165) is 0 Å². The Hall–Kier alpha value is -2.58. The largest absolute Gasteiger partial charge is 0.352 e. The highest BCUT2D eigenvalue weighted by molar-refractivity contribution is 6.31. The van der Waals surface area contributed by atoms with Crippen molar-refractivity contribution >= 4 is 34.2 Å². The molecule has 3 aromatic rings. The van der Waals surface area contributed by atoms with Crippen LogP contribution in [0.4, 0.5) is 11.5 Å². The minimum Gasteiger partial charge on any atom is -0.352 e. The molecule has 0 aliphatic carbocycles. The lowest BCUT2D eigenvalue weighted by Gasteiger charge is -2.03. The molecule has 1 aromatic carbocycles. The average Bonchev–Trinajstić information content (AvgIpc) is 2.92. The highest BCUT2D eigenvalue weighted by Gasteiger charge is 2.09. The molecule has 0 radical (unpaired) electrons. The molecule has 3 rings (SSSR count). The van der Waals surface area contributed by atoms with E-state index in [1.807, 2.05) is 19.9 Å². The van der Waals surface area contributed by atoms with Gasteiger partial charge in [0.25, 0.3) is 0 Å². The Kier molecular flexibility index (Phi) is 4.75. The minimum absolute atomic E-state index is 0.468. The topological polar surface area (TPSA) is 74.7 Å². The van der Waals surface area contributed by atoms with Gasteiger partial charge in [-0.3, -0.25) is 0 Å². The lowest BCUT2D eigenvalue weighted by molar-refractivity contribution is 0.460. The lowest BCUT2D eigenvalue weighted by atomic mass is 10.2. The molecule has 5 nitrogen and oxygen atoms in total. The third-order valence-corrected chi connectivity index (χ3v) is 2.74. The van der Waals surface area contributed by atoms with Gasteiger partial charge in [0.05, 0.1) is 11.6 Å². The number of fused-ring (bicyclic) bond motifs is 1. The Labute approximate surface area is 127 Å². The first-order chi connectivity index (χ1) is 10.3. The summed E-state index contributed by atoms with van der Waals surface area (Å²) in [6.45, 7) is 4.00. The Bertz CT molecular complexity index is 792. The predicted molar refractivity (Wildman–Crippen MR) is 82.6 cm³/mol. The van der Waals surface area contributed by atoms with E-state index in [1.165, 1.54) is 0 Å². The molecule has 0 fully saturated rings. The second kappa shape index (κ2) is 6.73. The summed E-state index contributed by atoms with van der Waals surface area (Å²) >= 11 is 5.94. The van der Waals surface area contributed by atoms with Crippen LogP contribution in [0.5, 0.6) is 0 Å². The molecule has 0 saturated heterocycles. The van der Waals surface area contributed by atoms with Crippen LogP contribution in [0.25, 0.3) is 11.1 Å². The summed E-state index contributed by atoms with van der Waals surface area (Å²) in [5, 5.41) is 16.3. The van der Waals surface area contributed by atoms with Gasteiger partial charge in [0.2, 0.25) is 0 Å². The fourth-order valence-corrected chi connectivity index (χ4v) is 1.96. The molecule has 0 saturated carbocycles. The van der Waals surface area contributed by atoms with Gasteiger partial charge in [-0.2, -0.15) is 5.26 Å². The lowest BCUT2D eigenvalue weighted by Crippen LogP contribution is -1.92. The third kappa shape index (κ3) is 3.30. The molecule has 0 atom stereocenters. The summed E-state index contributed by atoms with van der Waals surface area (Å²) in [4.78, 5) is 4.19. The molecular formula is C15H13ClN4O. The van der Waals surface area contributed by atoms with E-state index in [9.17, 15) is 0 Å². The van der Waals surface area contributed by atoms with Crippen LogP contribution in [0.1, 0.15) is 19.4 Å². The number of rotatable bonds is 2. The predicted octanol–water partition coefficient (Wildman–Crippen LogP) is 4.52. The molecule has 6 heteroatoms. The van der Waals surface area contributed by atoms with Crippen LogP contribution in [0.3, 0.4) is 0 Å². The molecule has 106 valence electrons. The molecule has 2 heterocycles. The molecule has 0 unspecified atom stereocenters. The van der Waals surface area contributed by atoms with E-state index >= 15 is 0 Å². The van der Waals surface area contributed by atoms with Crippen molar-refractivity contribution in [2.45, 2.75) is 13.8 Å². The van der Waals surface area contributed by atoms with Crippen molar-refractivity contribution in [3.05, 3.63) is 47.1 Å². The van der Waals surface area contributed by atoms with Crippen LogP contribution in [0.15, 0.2) is 41.1 Å². The van der Waals surface area contributed by atoms with E-state index in [4.69, 9.17) is 21.4 Å². The average molecular weight is 301 g/mol. The third-order valence-electron chi connectivity index (χ3n) is 2.52. The van der Waals surface area contributed by atoms with Crippen molar-refractivity contribution in [1.29, 1.82) is 5.26 Å². The van der Waals surface area contributed by atoms with Gasteiger partial charge in [0.15, 0.2) is 16.9 Å². The highest BCUT2D eigenvalue weighted by atomic mass is 35.5. The molecular weight excluding hydrogens is 288 g/mol. The summed E-state index contributed by atoms with van der Waals surface area (Å²) in [6, 6.07) is 10.6. The van der Waals surface area contributed by atoms with Gasteiger partial charge in [-0.25, -0.2) is 4.98 Å². The molecule has 0 bridgehead atoms. The first kappa shape index (κ1) is 14.8. The summed E-state index contributed by atoms with van der Waals surface area (Å²) in [5.41, 5.74) is 2.34. The van der Waals surface area contributed by atoms with E-state index < -0.39 is 0 Å². The molecule has 0 aliphatic rings. The van der Waals surface area contributed by atoms with E-state index in [0.29, 0.717) is 33.2 Å². The van der Waals surface area contributed by atoms with E-state index in [-0.39, 0.29) is 0 Å². The van der Waals surface area contributed by atoms with Gasteiger partial charge in [0, 0.05) is 16.9 Å². The zero-order valence-electron chi connectivity index (χ0n) is 11.6. The molecule has 1 N–H and O–H groups in total. The number of halogens is 1. The second-order valence-corrected chi connectivity index (χ2v) is 4.28. The van der Waals surface area contributed by atoms with Gasteiger partial charge >= 0.3 is 0 Å². The van der Waals surface area contributed by atoms with Crippen molar-refractivity contribution in [2.24, 2.45) is 0 Å². The van der Waals surface area contributed by atoms with E-state index in [1.54, 1.807) is 36.5 Å². The van der Waals surface area contributed by atoms with Crippen LogP contribution in [-0.2, 0) is 0 Å². The molecule has 0 amide bonds. The number of hydrogen-bond acceptors (Lipinski definition) is 5. The zero-order chi connectivity index (χ0) is 15.2. The number of benzene rings is 1. The Morgan fingerprint density at radius 3 is 2.86 bits per heavy atom. The highest BCUT2D eigenvalue weighted by Crippen LogP contribution is 2.26. The smallest absolute Gasteiger partial charge is 0.200 e. The van der Waals surface area contributed by atoms with Crippen LogP contribution in [-0.4, -0.2) is 10.1 Å². The maximum absolute atomic E-state index is 8.90. The van der Waals surface area contributed by atoms with Crippen molar-refractivity contribution in [3.63, 3.8) is 0 Å². The summed E-state index contributed by atoms with van der Waals surface area (Å²) in [7, 11) is 0. The van der Waals surface area contributed by atoms with Gasteiger partial charge in [-0.1, -0.05) is 30.6 Å². The number of pyridine rings is 1. The zero-order valence-corrected chi connectivity index (χ0v) is 12.3. The van der Waals surface area contributed by atoms with Crippen LogP contribution in [0.2, 0.25) is 5.02 Å². The van der Waals surface area contributed by atoms with Gasteiger partial charge in [0.1, 0.15) is 0 Å². The monoisotopic (exact) mass is 300 g/mol. The first-order valence-electron chi connectivity index (χ1n) is 6.44. The van der Waals surface area contributed by atoms with Crippen LogP contribution >= 0.6 is 11.6 Å². The summed E-state index contributed by atoms with van der Waals surface area (Å²) in [5.74, 6) is 0.488. The van der Waals surface area contributed by atoms with Crippen molar-refractivity contribution in [1.82, 2.24) is 10.1 Å². The second-order valence-electron chi connectivity index (χ2n) is 3.85. The Morgan fingerprint density at radius 2 is 2.10 bits per heavy atom. The minimum atomic E-state index is 0.468. The van der Waals surface area contributed by atoms with Crippen molar-refractivity contribution in [2.75, 3.05) is 5.32 Å². The Balaban J connectivity index is 0.000000774. The molecule has 0 aliphatic heterocycles. The molecule has 0 spiro atoms. The number of aromatic nitrogens is 2. The number of nitriles is 1. The van der Waals surface area contributed by atoms with Crippen LogP contribution in [0, 0.1) is 11.3 Å². The van der Waals surface area contributed by atoms with Crippen molar-refractivity contribution < 1.29 is 4.52 Å². The number of anilines is 2. The van der Waals surface area contributed by atoms with Crippen molar-refractivity contribution in [3.8, 4) is 6.07 Å². The van der Waals surface area contributed by atoms with Gasteiger partial charge in [-0.05, 0) is 30.3 Å². The quantitative estimate of drug-likeness (QED) is 0.753. The molecule has 2 aromatic heterocycles. The van der Waals surface area contributed by atoms with Gasteiger partial charge < -0.3 is 9.84 Å². The maximum atomic E-state index is 8.90.